The summed E-state index contributed by atoms with van der Waals surface area (Å²) in [5.74, 6) is -0.557. The quantitative estimate of drug-likeness (QED) is 0.465. The number of aliphatic hydroxyl groups excluding tert-OH is 2. The van der Waals surface area contributed by atoms with Crippen LogP contribution in [0.15, 0.2) is 23.3 Å². The summed E-state index contributed by atoms with van der Waals surface area (Å²) in [6.07, 6.45) is -2.46. The first-order valence-corrected chi connectivity index (χ1v) is 5.62. The van der Waals surface area contributed by atoms with Crippen LogP contribution in [-0.4, -0.2) is 22.9 Å². The minimum Gasteiger partial charge on any atom is -0.390 e. The Morgan fingerprint density at radius 1 is 1.47 bits per heavy atom. The van der Waals surface area contributed by atoms with Crippen LogP contribution in [0.4, 0.5) is 4.39 Å². The summed E-state index contributed by atoms with van der Waals surface area (Å²) in [5, 5.41) is 31.6. The van der Waals surface area contributed by atoms with Gasteiger partial charge in [0.15, 0.2) is 0 Å². The largest absolute Gasteiger partial charge is 0.390 e. The Morgan fingerprint density at radius 2 is 2.21 bits per heavy atom. The molecule has 2 unspecified atom stereocenters. The van der Waals surface area contributed by atoms with E-state index in [-0.39, 0.29) is 24.9 Å². The molecule has 2 N–H and O–H groups in total. The van der Waals surface area contributed by atoms with E-state index in [2.05, 4.69) is 10.0 Å². The van der Waals surface area contributed by atoms with E-state index in [0.717, 1.165) is 6.07 Å². The Kier molecular flexibility index (Phi) is 5.76. The maximum absolute atomic E-state index is 13.2. The minimum atomic E-state index is -1.33. The maximum atomic E-state index is 13.2. The maximum Gasteiger partial charge on any atom is 0.123 e. The number of azide groups is 1. The molecule has 0 aliphatic carbocycles. The van der Waals surface area contributed by atoms with Gasteiger partial charge in [0.05, 0.1) is 18.6 Å². The van der Waals surface area contributed by atoms with Crippen LogP contribution in [0.1, 0.15) is 23.7 Å². The Balaban J connectivity index is 2.90. The van der Waals surface area contributed by atoms with Crippen molar-refractivity contribution in [3.63, 3.8) is 0 Å². The second-order valence-corrected chi connectivity index (χ2v) is 3.93. The summed E-state index contributed by atoms with van der Waals surface area (Å²) in [6.45, 7) is 0.0254. The smallest absolute Gasteiger partial charge is 0.123 e. The Morgan fingerprint density at radius 3 is 2.84 bits per heavy atom. The van der Waals surface area contributed by atoms with E-state index in [0.29, 0.717) is 5.56 Å². The van der Waals surface area contributed by atoms with Crippen molar-refractivity contribution in [1.82, 2.24) is 0 Å². The molecule has 0 heterocycles. The Hall–Kier alpha value is -2.13. The second-order valence-electron chi connectivity index (χ2n) is 3.93. The van der Waals surface area contributed by atoms with Crippen LogP contribution in [0.3, 0.4) is 0 Å². The normalized spacial score (nSPS) is 13.2. The topological polar surface area (TPSA) is 113 Å². The fraction of sp³-hybridized carbons (Fsp3) is 0.417. The average Bonchev–Trinajstić information content (AvgIpc) is 2.40. The zero-order valence-corrected chi connectivity index (χ0v) is 10.1. The second kappa shape index (κ2) is 7.34. The molecule has 1 aromatic rings. The van der Waals surface area contributed by atoms with Crippen molar-refractivity contribution < 1.29 is 14.6 Å². The number of nitriles is 1. The number of benzene rings is 1. The van der Waals surface area contributed by atoms with E-state index in [4.69, 9.17) is 10.8 Å². The van der Waals surface area contributed by atoms with Crippen LogP contribution in [0.25, 0.3) is 10.4 Å². The average molecular weight is 264 g/mol. The molecule has 100 valence electrons. The Bertz CT molecular complexity index is 523. The fourth-order valence-electron chi connectivity index (χ4n) is 1.69. The summed E-state index contributed by atoms with van der Waals surface area (Å²) < 4.78 is 13.2. The highest BCUT2D eigenvalue weighted by Gasteiger charge is 2.21. The lowest BCUT2D eigenvalue weighted by Gasteiger charge is -2.19. The predicted octanol–water partition coefficient (Wildman–Crippen LogP) is 1.99. The molecule has 0 saturated heterocycles. The number of halogens is 1. The molecule has 0 amide bonds. The first kappa shape index (κ1) is 14.9. The highest BCUT2D eigenvalue weighted by molar-refractivity contribution is 5.32. The molecular formula is C12H13FN4O2. The van der Waals surface area contributed by atoms with Crippen molar-refractivity contribution >= 4 is 0 Å². The number of aliphatic hydroxyl groups is 2. The van der Waals surface area contributed by atoms with Gasteiger partial charge in [0.2, 0.25) is 0 Å². The molecule has 7 heteroatoms. The van der Waals surface area contributed by atoms with Gasteiger partial charge in [0.25, 0.3) is 0 Å². The Labute approximate surface area is 109 Å². The lowest BCUT2D eigenvalue weighted by Crippen LogP contribution is -2.20. The van der Waals surface area contributed by atoms with Gasteiger partial charge in [-0.2, -0.15) is 5.26 Å². The summed E-state index contributed by atoms with van der Waals surface area (Å²) in [6, 6.07) is 5.59. The monoisotopic (exact) mass is 264 g/mol. The third kappa shape index (κ3) is 4.23. The van der Waals surface area contributed by atoms with Gasteiger partial charge in [-0.05, 0) is 35.2 Å². The van der Waals surface area contributed by atoms with E-state index in [1.54, 1.807) is 0 Å². The number of rotatable bonds is 6. The highest BCUT2D eigenvalue weighted by Crippen LogP contribution is 2.24. The van der Waals surface area contributed by atoms with Crippen molar-refractivity contribution in [1.29, 1.82) is 5.26 Å². The van der Waals surface area contributed by atoms with Crippen molar-refractivity contribution in [3.05, 3.63) is 45.6 Å². The number of nitrogens with zero attached hydrogens (tertiary/aromatic N) is 4. The summed E-state index contributed by atoms with van der Waals surface area (Å²) >= 11 is 0. The van der Waals surface area contributed by atoms with E-state index in [1.165, 1.54) is 12.1 Å². The molecular weight excluding hydrogens is 251 g/mol. The molecule has 0 aromatic heterocycles. The third-order valence-corrected chi connectivity index (χ3v) is 2.65. The molecule has 0 aliphatic heterocycles. The first-order valence-electron chi connectivity index (χ1n) is 5.62. The lowest BCUT2D eigenvalue weighted by molar-refractivity contribution is 0.0144. The molecule has 0 fully saturated rings. The zero-order valence-electron chi connectivity index (χ0n) is 10.1. The molecule has 0 aliphatic rings. The van der Waals surface area contributed by atoms with Gasteiger partial charge in [-0.1, -0.05) is 11.2 Å². The highest BCUT2D eigenvalue weighted by atomic mass is 19.1. The van der Waals surface area contributed by atoms with Crippen molar-refractivity contribution in [2.75, 3.05) is 6.54 Å². The van der Waals surface area contributed by atoms with E-state index < -0.39 is 18.0 Å². The summed E-state index contributed by atoms with van der Waals surface area (Å²) in [4.78, 5) is 2.53. The van der Waals surface area contributed by atoms with Gasteiger partial charge in [-0.3, -0.25) is 0 Å². The van der Waals surface area contributed by atoms with Crippen LogP contribution < -0.4 is 0 Å². The fourth-order valence-corrected chi connectivity index (χ4v) is 1.69. The SMILES string of the molecule is N#CCc1ccc(F)cc1C(O)C(O)CCN=[N+]=[N-]. The number of hydrogen-bond donors (Lipinski definition) is 2. The molecule has 0 radical (unpaired) electrons. The van der Waals surface area contributed by atoms with Crippen LogP contribution >= 0.6 is 0 Å². The molecule has 0 bridgehead atoms. The van der Waals surface area contributed by atoms with Crippen molar-refractivity contribution in [2.45, 2.75) is 25.0 Å². The van der Waals surface area contributed by atoms with Gasteiger partial charge < -0.3 is 10.2 Å². The van der Waals surface area contributed by atoms with E-state index in [1.807, 2.05) is 6.07 Å². The van der Waals surface area contributed by atoms with Crippen molar-refractivity contribution in [3.8, 4) is 6.07 Å². The predicted molar refractivity (Wildman–Crippen MR) is 65.3 cm³/mol. The number of hydrogen-bond acceptors (Lipinski definition) is 4. The van der Waals surface area contributed by atoms with Gasteiger partial charge in [0.1, 0.15) is 11.9 Å². The first-order chi connectivity index (χ1) is 9.10. The van der Waals surface area contributed by atoms with Crippen LogP contribution in [0, 0.1) is 17.1 Å². The van der Waals surface area contributed by atoms with Gasteiger partial charge in [-0.15, -0.1) is 0 Å². The standard InChI is InChI=1S/C12H13FN4O2/c13-9-2-1-8(3-5-14)10(7-9)12(19)11(18)4-6-16-17-15/h1-2,7,11-12,18-19H,3-4,6H2. The van der Waals surface area contributed by atoms with Crippen LogP contribution in [0.5, 0.6) is 0 Å². The van der Waals surface area contributed by atoms with Gasteiger partial charge in [0, 0.05) is 11.5 Å². The molecule has 0 saturated carbocycles. The van der Waals surface area contributed by atoms with Gasteiger partial charge >= 0.3 is 0 Å². The lowest BCUT2D eigenvalue weighted by atomic mass is 9.95. The molecule has 0 spiro atoms. The molecule has 6 nitrogen and oxygen atoms in total. The van der Waals surface area contributed by atoms with E-state index >= 15 is 0 Å². The molecule has 19 heavy (non-hydrogen) atoms. The molecule has 1 aromatic carbocycles. The van der Waals surface area contributed by atoms with Crippen molar-refractivity contribution in [2.24, 2.45) is 5.11 Å². The van der Waals surface area contributed by atoms with Crippen LogP contribution in [0.2, 0.25) is 0 Å². The summed E-state index contributed by atoms with van der Waals surface area (Å²) in [5.41, 5.74) is 8.75. The van der Waals surface area contributed by atoms with E-state index in [9.17, 15) is 14.6 Å². The molecule has 2 atom stereocenters. The third-order valence-electron chi connectivity index (χ3n) is 2.65. The summed E-state index contributed by atoms with van der Waals surface area (Å²) in [7, 11) is 0. The van der Waals surface area contributed by atoms with Gasteiger partial charge in [-0.25, -0.2) is 4.39 Å². The molecule has 1 rings (SSSR count). The minimum absolute atomic E-state index is 0.00966. The zero-order chi connectivity index (χ0) is 14.3. The van der Waals surface area contributed by atoms with Crippen LogP contribution in [-0.2, 0) is 6.42 Å².